The highest BCUT2D eigenvalue weighted by molar-refractivity contribution is 5.63. The molecule has 2 atom stereocenters. The van der Waals surface area contributed by atoms with Crippen LogP contribution in [0.15, 0.2) is 12.4 Å². The molecule has 0 aliphatic carbocycles. The Morgan fingerprint density at radius 3 is 2.24 bits per heavy atom. The average Bonchev–Trinajstić information content (AvgIpc) is 2.93. The Kier molecular flexibility index (Phi) is 5.65. The number of nitrogens with zero attached hydrogens (tertiary/aromatic N) is 4. The van der Waals surface area contributed by atoms with E-state index in [0.29, 0.717) is 11.8 Å². The number of hydrogen-bond acceptors (Lipinski definition) is 4. The van der Waals surface area contributed by atoms with E-state index in [2.05, 4.69) is 79.2 Å². The maximum atomic E-state index is 6.64. The van der Waals surface area contributed by atoms with Crippen molar-refractivity contribution in [2.24, 2.45) is 11.3 Å². The monoisotopic (exact) mass is 400 g/mol. The van der Waals surface area contributed by atoms with Gasteiger partial charge in [-0.1, -0.05) is 48.5 Å². The molecule has 2 aromatic heterocycles. The molecule has 5 heteroatoms. The number of fused-ring (bicyclic) bond motifs is 2. The number of anilines is 1. The highest BCUT2D eigenvalue weighted by atomic mass is 16.5. The van der Waals surface area contributed by atoms with Crippen molar-refractivity contribution >= 4 is 11.5 Å². The van der Waals surface area contributed by atoms with Gasteiger partial charge in [0.15, 0.2) is 17.2 Å². The van der Waals surface area contributed by atoms with Crippen LogP contribution in [0, 0.1) is 11.3 Å². The fourth-order valence-corrected chi connectivity index (χ4v) is 4.47. The van der Waals surface area contributed by atoms with Crippen molar-refractivity contribution in [1.29, 1.82) is 0 Å². The lowest BCUT2D eigenvalue weighted by molar-refractivity contribution is 0.0937. The van der Waals surface area contributed by atoms with E-state index in [0.717, 1.165) is 30.1 Å². The highest BCUT2D eigenvalue weighted by Crippen LogP contribution is 2.44. The van der Waals surface area contributed by atoms with E-state index >= 15 is 0 Å². The molecule has 0 bridgehead atoms. The second-order valence-corrected chi connectivity index (χ2v) is 11.6. The summed E-state index contributed by atoms with van der Waals surface area (Å²) in [6, 6.07) is 0.283. The molecule has 0 fully saturated rings. The number of rotatable bonds is 4. The summed E-state index contributed by atoms with van der Waals surface area (Å²) in [6.45, 7) is 22.8. The first-order chi connectivity index (χ1) is 13.3. The van der Waals surface area contributed by atoms with E-state index in [9.17, 15) is 0 Å². The summed E-state index contributed by atoms with van der Waals surface area (Å²) in [6.07, 6.45) is 6.20. The molecule has 5 nitrogen and oxygen atoms in total. The Morgan fingerprint density at radius 2 is 1.72 bits per heavy atom. The zero-order chi connectivity index (χ0) is 21.7. The molecule has 3 heterocycles. The van der Waals surface area contributed by atoms with Gasteiger partial charge in [-0.3, -0.25) is 0 Å². The van der Waals surface area contributed by atoms with Crippen LogP contribution in [0.3, 0.4) is 0 Å². The number of hydrogen-bond donors (Lipinski definition) is 0. The van der Waals surface area contributed by atoms with Crippen LogP contribution in [-0.2, 0) is 0 Å². The zero-order valence-corrected chi connectivity index (χ0v) is 20.1. The van der Waals surface area contributed by atoms with Crippen molar-refractivity contribution < 1.29 is 4.74 Å². The molecule has 0 radical (unpaired) electrons. The molecule has 2 aromatic rings. The summed E-state index contributed by atoms with van der Waals surface area (Å²) in [5.74, 6) is 2.76. The third-order valence-corrected chi connectivity index (χ3v) is 5.61. The molecule has 0 spiro atoms. The largest absolute Gasteiger partial charge is 0.483 e. The van der Waals surface area contributed by atoms with Gasteiger partial charge in [0, 0.05) is 11.1 Å². The Labute approximate surface area is 176 Å². The molecular weight excluding hydrogens is 360 g/mol. The van der Waals surface area contributed by atoms with Gasteiger partial charge >= 0.3 is 0 Å². The predicted molar refractivity (Wildman–Crippen MR) is 121 cm³/mol. The van der Waals surface area contributed by atoms with E-state index in [-0.39, 0.29) is 23.1 Å². The quantitative estimate of drug-likeness (QED) is 0.625. The average molecular weight is 401 g/mol. The predicted octanol–water partition coefficient (Wildman–Crippen LogP) is 6.07. The Balaban J connectivity index is 2.20. The first-order valence-electron chi connectivity index (χ1n) is 11.1. The van der Waals surface area contributed by atoms with E-state index in [1.54, 1.807) is 0 Å². The summed E-state index contributed by atoms with van der Waals surface area (Å²) in [4.78, 5) is 7.67. The summed E-state index contributed by atoms with van der Waals surface area (Å²) in [5.41, 5.74) is 2.26. The van der Waals surface area contributed by atoms with Crippen LogP contribution in [0.25, 0.3) is 5.65 Å². The molecule has 0 unspecified atom stereocenters. The molecule has 29 heavy (non-hydrogen) atoms. The van der Waals surface area contributed by atoms with Crippen LogP contribution in [0.4, 0.5) is 5.82 Å². The first-order valence-corrected chi connectivity index (χ1v) is 11.1. The summed E-state index contributed by atoms with van der Waals surface area (Å²) in [7, 11) is 0. The molecule has 0 saturated heterocycles. The van der Waals surface area contributed by atoms with Gasteiger partial charge in [0.1, 0.15) is 6.10 Å². The van der Waals surface area contributed by atoms with Crippen LogP contribution in [0.1, 0.15) is 93.6 Å². The van der Waals surface area contributed by atoms with Crippen molar-refractivity contribution in [3.05, 3.63) is 18.0 Å². The van der Waals surface area contributed by atoms with Gasteiger partial charge < -0.3 is 9.64 Å². The molecule has 0 aromatic carbocycles. The molecular formula is C24H40N4O. The summed E-state index contributed by atoms with van der Waals surface area (Å²) >= 11 is 0. The third kappa shape index (κ3) is 4.54. The standard InChI is InChI=1S/C24H40N4O/c1-15(2)11-19-18(12-23(5,6)7)28(24(8,9)10)22-20(29-19)14-27-21(26-22)17(13-25-27)16(3)4/h13-16,18-19H,11-12H2,1-10H3/t18-,19-/m1/s1. The summed E-state index contributed by atoms with van der Waals surface area (Å²) < 4.78 is 8.52. The number of ether oxygens (including phenoxy) is 1. The van der Waals surface area contributed by atoms with Crippen molar-refractivity contribution in [3.63, 3.8) is 0 Å². The van der Waals surface area contributed by atoms with Crippen molar-refractivity contribution in [2.45, 2.75) is 106 Å². The lowest BCUT2D eigenvalue weighted by atomic mass is 9.81. The van der Waals surface area contributed by atoms with Gasteiger partial charge in [0.2, 0.25) is 0 Å². The van der Waals surface area contributed by atoms with Crippen LogP contribution >= 0.6 is 0 Å². The molecule has 0 N–H and O–H groups in total. The van der Waals surface area contributed by atoms with Gasteiger partial charge in [0.05, 0.1) is 18.4 Å². The fourth-order valence-electron chi connectivity index (χ4n) is 4.47. The second kappa shape index (κ2) is 7.48. The SMILES string of the molecule is CC(C)C[C@H]1Oc2cn3ncc(C(C)C)c3nc2N(C(C)(C)C)[C@@H]1CC(C)(C)C. The fraction of sp³-hybridized carbons (Fsp3) is 0.750. The van der Waals surface area contributed by atoms with Crippen molar-refractivity contribution in [1.82, 2.24) is 14.6 Å². The van der Waals surface area contributed by atoms with E-state index in [1.165, 1.54) is 5.56 Å². The van der Waals surface area contributed by atoms with E-state index in [1.807, 2.05) is 16.9 Å². The molecule has 0 saturated carbocycles. The molecule has 162 valence electrons. The van der Waals surface area contributed by atoms with Gasteiger partial charge in [-0.25, -0.2) is 9.50 Å². The van der Waals surface area contributed by atoms with Crippen LogP contribution < -0.4 is 9.64 Å². The topological polar surface area (TPSA) is 42.7 Å². The third-order valence-electron chi connectivity index (χ3n) is 5.61. The Bertz CT molecular complexity index is 854. The van der Waals surface area contributed by atoms with E-state index in [4.69, 9.17) is 9.72 Å². The smallest absolute Gasteiger partial charge is 0.180 e. The first kappa shape index (κ1) is 21.9. The maximum Gasteiger partial charge on any atom is 0.180 e. The van der Waals surface area contributed by atoms with Gasteiger partial charge in [-0.15, -0.1) is 0 Å². The van der Waals surface area contributed by atoms with Crippen molar-refractivity contribution in [3.8, 4) is 5.75 Å². The maximum absolute atomic E-state index is 6.64. The minimum Gasteiger partial charge on any atom is -0.483 e. The van der Waals surface area contributed by atoms with Crippen LogP contribution in [0.2, 0.25) is 0 Å². The van der Waals surface area contributed by atoms with Gasteiger partial charge in [-0.2, -0.15) is 5.10 Å². The molecule has 3 rings (SSSR count). The van der Waals surface area contributed by atoms with Crippen LogP contribution in [-0.4, -0.2) is 32.3 Å². The highest BCUT2D eigenvalue weighted by Gasteiger charge is 2.44. The lowest BCUT2D eigenvalue weighted by Gasteiger charge is -2.51. The van der Waals surface area contributed by atoms with E-state index < -0.39 is 0 Å². The van der Waals surface area contributed by atoms with Gasteiger partial charge in [-0.05, 0) is 50.9 Å². The Morgan fingerprint density at radius 1 is 1.07 bits per heavy atom. The molecule has 1 aliphatic heterocycles. The zero-order valence-electron chi connectivity index (χ0n) is 20.1. The summed E-state index contributed by atoms with van der Waals surface area (Å²) in [5, 5.41) is 4.56. The van der Waals surface area contributed by atoms with Crippen LogP contribution in [0.5, 0.6) is 5.75 Å². The lowest BCUT2D eigenvalue weighted by Crippen LogP contribution is -2.59. The number of aromatic nitrogens is 3. The molecule has 1 aliphatic rings. The minimum atomic E-state index is -0.0625. The Hall–Kier alpha value is -1.78. The van der Waals surface area contributed by atoms with Gasteiger partial charge in [0.25, 0.3) is 0 Å². The molecule has 0 amide bonds. The second-order valence-electron chi connectivity index (χ2n) is 11.6. The van der Waals surface area contributed by atoms with Crippen molar-refractivity contribution in [2.75, 3.05) is 4.90 Å². The minimum absolute atomic E-state index is 0.0625. The normalized spacial score (nSPS) is 20.5.